The largest absolute Gasteiger partial charge is 0.466 e. The fourth-order valence-electron chi connectivity index (χ4n) is 3.09. The van der Waals surface area contributed by atoms with Gasteiger partial charge in [-0.2, -0.15) is 0 Å². The first-order chi connectivity index (χ1) is 16.2. The van der Waals surface area contributed by atoms with Crippen molar-refractivity contribution in [3.63, 3.8) is 0 Å². The van der Waals surface area contributed by atoms with E-state index in [0.717, 1.165) is 31.0 Å². The SMILES string of the molecule is C/C=C(\C)C=O.C=C/C=C/CCC(=O)OCC.CCOC(=O)CC[C@@H]1C=CC[C@@H](C)[C@]1(C)C=O. The number of carbonyl (C=O) groups excluding carboxylic acids is 4. The van der Waals surface area contributed by atoms with Crippen LogP contribution in [0, 0.1) is 17.3 Å². The van der Waals surface area contributed by atoms with E-state index in [1.54, 1.807) is 32.9 Å². The Kier molecular flexibility index (Phi) is 20.5. The number of aldehydes is 2. The second kappa shape index (κ2) is 20.8. The lowest BCUT2D eigenvalue weighted by molar-refractivity contribution is -0.144. The maximum absolute atomic E-state index is 11.3. The predicted octanol–water partition coefficient (Wildman–Crippen LogP) is 5.97. The van der Waals surface area contributed by atoms with Gasteiger partial charge in [-0.1, -0.05) is 56.9 Å². The molecule has 0 aliphatic heterocycles. The Labute approximate surface area is 206 Å². The average Bonchev–Trinajstić information content (AvgIpc) is 2.83. The highest BCUT2D eigenvalue weighted by molar-refractivity contribution is 5.71. The Morgan fingerprint density at radius 3 is 2.15 bits per heavy atom. The first-order valence-electron chi connectivity index (χ1n) is 12.0. The van der Waals surface area contributed by atoms with Crippen LogP contribution in [0.3, 0.4) is 0 Å². The van der Waals surface area contributed by atoms with Crippen LogP contribution in [-0.4, -0.2) is 37.7 Å². The fraction of sp³-hybridized carbons (Fsp3) is 0.571. The highest BCUT2D eigenvalue weighted by atomic mass is 16.5. The molecule has 0 aromatic heterocycles. The Morgan fingerprint density at radius 2 is 1.71 bits per heavy atom. The van der Waals surface area contributed by atoms with Gasteiger partial charge in [-0.25, -0.2) is 0 Å². The lowest BCUT2D eigenvalue weighted by atomic mass is 9.64. The molecule has 0 aromatic rings. The van der Waals surface area contributed by atoms with Gasteiger partial charge in [-0.15, -0.1) is 0 Å². The minimum absolute atomic E-state index is 0.138. The average molecular weight is 477 g/mol. The van der Waals surface area contributed by atoms with Gasteiger partial charge in [-0.05, 0) is 64.4 Å². The van der Waals surface area contributed by atoms with E-state index in [1.165, 1.54) is 0 Å². The third-order valence-electron chi connectivity index (χ3n) is 5.67. The summed E-state index contributed by atoms with van der Waals surface area (Å²) in [6.07, 6.45) is 16.4. The summed E-state index contributed by atoms with van der Waals surface area (Å²) < 4.78 is 9.63. The predicted molar refractivity (Wildman–Crippen MR) is 137 cm³/mol. The molecular weight excluding hydrogens is 432 g/mol. The third-order valence-corrected chi connectivity index (χ3v) is 5.67. The molecule has 0 fully saturated rings. The second-order valence-corrected chi connectivity index (χ2v) is 8.16. The molecule has 0 aromatic carbocycles. The Morgan fingerprint density at radius 1 is 1.12 bits per heavy atom. The molecule has 1 rings (SSSR count). The molecule has 6 heteroatoms. The van der Waals surface area contributed by atoms with Gasteiger partial charge in [0.25, 0.3) is 0 Å². The van der Waals surface area contributed by atoms with Crippen LogP contribution in [0.5, 0.6) is 0 Å². The van der Waals surface area contributed by atoms with Crippen LogP contribution in [0.25, 0.3) is 0 Å². The molecule has 0 N–H and O–H groups in total. The molecule has 0 heterocycles. The summed E-state index contributed by atoms with van der Waals surface area (Å²) in [5, 5.41) is 0. The van der Waals surface area contributed by atoms with Gasteiger partial charge in [0.2, 0.25) is 0 Å². The highest BCUT2D eigenvalue weighted by Gasteiger charge is 2.39. The van der Waals surface area contributed by atoms with Crippen molar-refractivity contribution in [2.24, 2.45) is 17.3 Å². The lowest BCUT2D eigenvalue weighted by Gasteiger charge is -2.39. The molecule has 192 valence electrons. The molecule has 1 aliphatic carbocycles. The van der Waals surface area contributed by atoms with Gasteiger partial charge >= 0.3 is 11.9 Å². The van der Waals surface area contributed by atoms with Gasteiger partial charge in [0.05, 0.1) is 13.2 Å². The number of hydrogen-bond donors (Lipinski definition) is 0. The molecule has 0 saturated heterocycles. The van der Waals surface area contributed by atoms with Gasteiger partial charge in [0, 0.05) is 18.3 Å². The van der Waals surface area contributed by atoms with Crippen molar-refractivity contribution in [2.75, 3.05) is 13.2 Å². The smallest absolute Gasteiger partial charge is 0.306 e. The zero-order chi connectivity index (χ0) is 26.4. The van der Waals surface area contributed by atoms with E-state index in [2.05, 4.69) is 25.7 Å². The monoisotopic (exact) mass is 476 g/mol. The van der Waals surface area contributed by atoms with E-state index in [0.29, 0.717) is 38.4 Å². The molecule has 0 bridgehead atoms. The van der Waals surface area contributed by atoms with E-state index in [9.17, 15) is 19.2 Å². The fourth-order valence-corrected chi connectivity index (χ4v) is 3.09. The summed E-state index contributed by atoms with van der Waals surface area (Å²) in [5.41, 5.74) is 0.441. The van der Waals surface area contributed by atoms with Crippen LogP contribution in [0.1, 0.15) is 73.6 Å². The van der Waals surface area contributed by atoms with Gasteiger partial charge in [0.15, 0.2) is 0 Å². The van der Waals surface area contributed by atoms with Gasteiger partial charge < -0.3 is 14.3 Å². The minimum atomic E-state index is -0.346. The van der Waals surface area contributed by atoms with Crippen molar-refractivity contribution >= 4 is 24.5 Å². The van der Waals surface area contributed by atoms with E-state index in [-0.39, 0.29) is 23.3 Å². The van der Waals surface area contributed by atoms with Crippen molar-refractivity contribution in [1.82, 2.24) is 0 Å². The minimum Gasteiger partial charge on any atom is -0.466 e. The molecule has 34 heavy (non-hydrogen) atoms. The molecule has 3 atom stereocenters. The Bertz CT molecular complexity index is 704. The van der Waals surface area contributed by atoms with Crippen LogP contribution in [0.4, 0.5) is 0 Å². The quantitative estimate of drug-likeness (QED) is 0.120. The number of ether oxygens (including phenoxy) is 2. The van der Waals surface area contributed by atoms with Crippen LogP contribution >= 0.6 is 0 Å². The Hall–Kier alpha value is -2.76. The van der Waals surface area contributed by atoms with Crippen molar-refractivity contribution in [3.05, 3.63) is 48.6 Å². The molecule has 0 saturated carbocycles. The first kappa shape index (κ1) is 33.4. The zero-order valence-electron chi connectivity index (χ0n) is 21.9. The molecular formula is C28H44O6. The number of esters is 2. The van der Waals surface area contributed by atoms with Crippen molar-refractivity contribution in [3.8, 4) is 0 Å². The van der Waals surface area contributed by atoms with Gasteiger partial charge in [0.1, 0.15) is 12.6 Å². The third kappa shape index (κ3) is 15.1. The standard InChI is InChI=1S/C14H22O3.C9H14O2.C5H8O/c1-4-17-13(16)9-8-12-7-5-6-11(2)14(12,3)10-15;1-3-5-6-7-8-9(10)11-4-2;1-3-5(2)4-6/h5,7,10-12H,4,6,8-9H2,1-3H3;3,5-6H,1,4,7-8H2,2H3;3-4H,1-2H3/b;6-5+;5-3+/t11-,12+,14+;;/m1../s1. The molecule has 0 spiro atoms. The first-order valence-corrected chi connectivity index (χ1v) is 12.0. The summed E-state index contributed by atoms with van der Waals surface area (Å²) in [6, 6.07) is 0. The molecule has 6 nitrogen and oxygen atoms in total. The number of hydrogen-bond acceptors (Lipinski definition) is 6. The maximum atomic E-state index is 11.3. The second-order valence-electron chi connectivity index (χ2n) is 8.16. The van der Waals surface area contributed by atoms with Crippen LogP contribution < -0.4 is 0 Å². The van der Waals surface area contributed by atoms with Crippen LogP contribution in [0.15, 0.2) is 48.6 Å². The molecule has 0 radical (unpaired) electrons. The van der Waals surface area contributed by atoms with Crippen molar-refractivity contribution < 1.29 is 28.7 Å². The molecule has 1 aliphatic rings. The topological polar surface area (TPSA) is 86.7 Å². The van der Waals surface area contributed by atoms with E-state index in [1.807, 2.05) is 26.0 Å². The lowest BCUT2D eigenvalue weighted by Crippen LogP contribution is -2.37. The maximum Gasteiger partial charge on any atom is 0.306 e. The van der Waals surface area contributed by atoms with Crippen LogP contribution in [0.2, 0.25) is 0 Å². The number of allylic oxidation sites excluding steroid dienone is 7. The molecule has 0 unspecified atom stereocenters. The Balaban J connectivity index is 0. The van der Waals surface area contributed by atoms with Gasteiger partial charge in [-0.3, -0.25) is 14.4 Å². The van der Waals surface area contributed by atoms with Crippen molar-refractivity contribution in [2.45, 2.75) is 73.6 Å². The summed E-state index contributed by atoms with van der Waals surface area (Å²) >= 11 is 0. The summed E-state index contributed by atoms with van der Waals surface area (Å²) in [7, 11) is 0. The zero-order valence-corrected chi connectivity index (χ0v) is 21.9. The van der Waals surface area contributed by atoms with E-state index < -0.39 is 0 Å². The van der Waals surface area contributed by atoms with E-state index >= 15 is 0 Å². The molecule has 0 amide bonds. The normalized spacial score (nSPS) is 21.3. The number of rotatable bonds is 11. The summed E-state index contributed by atoms with van der Waals surface area (Å²) in [6.45, 7) is 15.7. The van der Waals surface area contributed by atoms with Crippen LogP contribution in [-0.2, 0) is 28.7 Å². The number of carbonyl (C=O) groups is 4. The van der Waals surface area contributed by atoms with Crippen molar-refractivity contribution in [1.29, 1.82) is 0 Å². The highest BCUT2D eigenvalue weighted by Crippen LogP contribution is 2.42. The summed E-state index contributed by atoms with van der Waals surface area (Å²) in [4.78, 5) is 43.0. The summed E-state index contributed by atoms with van der Waals surface area (Å²) in [5.74, 6) is 0.166. The van der Waals surface area contributed by atoms with E-state index in [4.69, 9.17) is 9.47 Å².